The average molecular weight is 285 g/mol. The highest BCUT2D eigenvalue weighted by Gasteiger charge is 2.30. The van der Waals surface area contributed by atoms with Crippen LogP contribution in [0.25, 0.3) is 11.4 Å². The number of ether oxygens (including phenoxy) is 1. The van der Waals surface area contributed by atoms with Crippen LogP contribution in [-0.2, 0) is 4.74 Å². The fourth-order valence-corrected chi connectivity index (χ4v) is 2.52. The summed E-state index contributed by atoms with van der Waals surface area (Å²) in [6.07, 6.45) is 3.59. The number of aromatic nitrogens is 2. The van der Waals surface area contributed by atoms with Gasteiger partial charge in [0.25, 0.3) is 5.91 Å². The Bertz CT molecular complexity index is 615. The van der Waals surface area contributed by atoms with Gasteiger partial charge in [0.05, 0.1) is 11.8 Å². The Hall–Kier alpha value is -2.14. The van der Waals surface area contributed by atoms with E-state index in [1.807, 2.05) is 37.3 Å². The Morgan fingerprint density at radius 3 is 2.95 bits per heavy atom. The van der Waals surface area contributed by atoms with Crippen molar-refractivity contribution >= 4 is 5.91 Å². The van der Waals surface area contributed by atoms with E-state index < -0.39 is 0 Å². The number of rotatable bonds is 4. The van der Waals surface area contributed by atoms with Crippen molar-refractivity contribution in [3.8, 4) is 11.4 Å². The Labute approximate surface area is 123 Å². The third kappa shape index (κ3) is 3.13. The first-order valence-electron chi connectivity index (χ1n) is 7.19. The zero-order chi connectivity index (χ0) is 14.7. The zero-order valence-corrected chi connectivity index (χ0v) is 12.1. The summed E-state index contributed by atoms with van der Waals surface area (Å²) in [5.74, 6) is 0.547. The predicted molar refractivity (Wildman–Crippen MR) is 79.9 cm³/mol. The normalized spacial score (nSPS) is 21.4. The van der Waals surface area contributed by atoms with E-state index in [2.05, 4.69) is 15.3 Å². The lowest BCUT2D eigenvalue weighted by atomic mass is 10.0. The molecule has 0 radical (unpaired) electrons. The molecule has 1 saturated heterocycles. The van der Waals surface area contributed by atoms with E-state index in [4.69, 9.17) is 4.74 Å². The van der Waals surface area contributed by atoms with Gasteiger partial charge in [-0.15, -0.1) is 0 Å². The largest absolute Gasteiger partial charge is 0.373 e. The number of amides is 1. The smallest absolute Gasteiger partial charge is 0.269 e. The summed E-state index contributed by atoms with van der Waals surface area (Å²) in [6.45, 7) is 3.32. The number of nitrogens with one attached hydrogen (secondary N) is 2. The second-order valence-electron chi connectivity index (χ2n) is 5.60. The van der Waals surface area contributed by atoms with Crippen molar-refractivity contribution in [2.24, 2.45) is 0 Å². The molecule has 1 aliphatic heterocycles. The summed E-state index contributed by atoms with van der Waals surface area (Å²) >= 11 is 0. The number of hydrogen-bond donors (Lipinski definition) is 2. The first-order valence-corrected chi connectivity index (χ1v) is 7.19. The summed E-state index contributed by atoms with van der Waals surface area (Å²) in [5.41, 5.74) is 1.19. The van der Waals surface area contributed by atoms with Gasteiger partial charge >= 0.3 is 0 Å². The molecule has 2 N–H and O–H groups in total. The predicted octanol–water partition coefficient (Wildman–Crippen LogP) is 2.38. The second kappa shape index (κ2) is 5.69. The van der Waals surface area contributed by atoms with E-state index in [1.165, 1.54) is 0 Å². The third-order valence-corrected chi connectivity index (χ3v) is 3.79. The molecule has 2 aromatic rings. The van der Waals surface area contributed by atoms with Crippen LogP contribution in [-0.4, -0.2) is 34.6 Å². The Balaban J connectivity index is 1.64. The van der Waals surface area contributed by atoms with Crippen molar-refractivity contribution in [2.45, 2.75) is 25.4 Å². The molecule has 0 spiro atoms. The average Bonchev–Trinajstić information content (AvgIpc) is 3.16. The number of aromatic amines is 1. The van der Waals surface area contributed by atoms with Gasteiger partial charge in [-0.05, 0) is 19.8 Å². The van der Waals surface area contributed by atoms with Gasteiger partial charge in [0.2, 0.25) is 0 Å². The van der Waals surface area contributed by atoms with Crippen LogP contribution in [0.3, 0.4) is 0 Å². The van der Waals surface area contributed by atoms with Crippen LogP contribution >= 0.6 is 0 Å². The van der Waals surface area contributed by atoms with Crippen LogP contribution in [0.1, 0.15) is 30.3 Å². The lowest BCUT2D eigenvalue weighted by Crippen LogP contribution is -2.40. The molecule has 1 aromatic heterocycles. The van der Waals surface area contributed by atoms with Crippen LogP contribution in [0.4, 0.5) is 0 Å². The molecule has 21 heavy (non-hydrogen) atoms. The maximum atomic E-state index is 12.2. The molecule has 2 heterocycles. The monoisotopic (exact) mass is 285 g/mol. The highest BCUT2D eigenvalue weighted by molar-refractivity contribution is 5.92. The Morgan fingerprint density at radius 2 is 2.24 bits per heavy atom. The summed E-state index contributed by atoms with van der Waals surface area (Å²) in [6, 6.07) is 9.73. The third-order valence-electron chi connectivity index (χ3n) is 3.79. The van der Waals surface area contributed by atoms with Crippen molar-refractivity contribution in [3.05, 3.63) is 42.2 Å². The highest BCUT2D eigenvalue weighted by atomic mass is 16.5. The van der Waals surface area contributed by atoms with Gasteiger partial charge in [-0.25, -0.2) is 4.98 Å². The number of hydrogen-bond acceptors (Lipinski definition) is 3. The number of nitrogens with zero attached hydrogens (tertiary/aromatic N) is 1. The van der Waals surface area contributed by atoms with E-state index in [0.29, 0.717) is 18.1 Å². The van der Waals surface area contributed by atoms with Crippen molar-refractivity contribution < 1.29 is 9.53 Å². The molecule has 1 unspecified atom stereocenters. The van der Waals surface area contributed by atoms with Gasteiger partial charge in [-0.1, -0.05) is 30.3 Å². The van der Waals surface area contributed by atoms with Crippen molar-refractivity contribution in [1.29, 1.82) is 0 Å². The molecule has 1 aromatic carbocycles. The molecule has 0 aliphatic carbocycles. The van der Waals surface area contributed by atoms with Crippen LogP contribution in [0, 0.1) is 0 Å². The Kier molecular flexibility index (Phi) is 3.75. The minimum Gasteiger partial charge on any atom is -0.373 e. The van der Waals surface area contributed by atoms with E-state index >= 15 is 0 Å². The minimum absolute atomic E-state index is 0.151. The molecule has 5 nitrogen and oxygen atoms in total. The number of H-pyrrole nitrogens is 1. The molecule has 110 valence electrons. The van der Waals surface area contributed by atoms with Gasteiger partial charge in [0.15, 0.2) is 0 Å². The number of imidazole rings is 1. The number of carbonyl (C=O) groups is 1. The van der Waals surface area contributed by atoms with Crippen LogP contribution in [0.15, 0.2) is 36.5 Å². The number of benzene rings is 1. The number of carbonyl (C=O) groups excluding carboxylic acids is 1. The van der Waals surface area contributed by atoms with E-state index in [0.717, 1.165) is 25.0 Å². The summed E-state index contributed by atoms with van der Waals surface area (Å²) in [7, 11) is 0. The van der Waals surface area contributed by atoms with Crippen molar-refractivity contribution in [2.75, 3.05) is 13.2 Å². The molecular formula is C16H19N3O2. The molecule has 1 aliphatic rings. The van der Waals surface area contributed by atoms with Gasteiger partial charge in [-0.2, -0.15) is 0 Å². The van der Waals surface area contributed by atoms with Crippen LogP contribution in [0.5, 0.6) is 0 Å². The minimum atomic E-state index is -0.238. The second-order valence-corrected chi connectivity index (χ2v) is 5.60. The topological polar surface area (TPSA) is 67.0 Å². The molecule has 1 amide bonds. The quantitative estimate of drug-likeness (QED) is 0.906. The highest BCUT2D eigenvalue weighted by Crippen LogP contribution is 2.24. The fraction of sp³-hybridized carbons (Fsp3) is 0.375. The lowest BCUT2D eigenvalue weighted by Gasteiger charge is -2.23. The summed E-state index contributed by atoms with van der Waals surface area (Å²) in [5, 5.41) is 2.91. The lowest BCUT2D eigenvalue weighted by molar-refractivity contribution is 0.0205. The maximum absolute atomic E-state index is 12.2. The molecule has 3 rings (SSSR count). The summed E-state index contributed by atoms with van der Waals surface area (Å²) in [4.78, 5) is 19.5. The SMILES string of the molecule is CC1(CNC(=O)c2cnc(-c3ccccc3)[nH]2)CCCO1. The van der Waals surface area contributed by atoms with Gasteiger partial charge in [-0.3, -0.25) is 4.79 Å². The van der Waals surface area contributed by atoms with E-state index in [9.17, 15) is 4.79 Å². The van der Waals surface area contributed by atoms with Crippen molar-refractivity contribution in [3.63, 3.8) is 0 Å². The first-order chi connectivity index (χ1) is 10.2. The van der Waals surface area contributed by atoms with Gasteiger partial charge in [0, 0.05) is 18.7 Å². The standard InChI is InChI=1S/C16H19N3O2/c1-16(8-5-9-21-16)11-18-15(20)13-10-17-14(19-13)12-6-3-2-4-7-12/h2-4,6-7,10H,5,8-9,11H2,1H3,(H,17,19)(H,18,20). The van der Waals surface area contributed by atoms with Gasteiger partial charge in [0.1, 0.15) is 11.5 Å². The Morgan fingerprint density at radius 1 is 1.43 bits per heavy atom. The van der Waals surface area contributed by atoms with Crippen LogP contribution < -0.4 is 5.32 Å². The molecule has 1 atom stereocenters. The summed E-state index contributed by atoms with van der Waals surface area (Å²) < 4.78 is 5.66. The fourth-order valence-electron chi connectivity index (χ4n) is 2.52. The zero-order valence-electron chi connectivity index (χ0n) is 12.1. The molecule has 0 bridgehead atoms. The van der Waals surface area contributed by atoms with Crippen molar-refractivity contribution in [1.82, 2.24) is 15.3 Å². The van der Waals surface area contributed by atoms with Crippen LogP contribution in [0.2, 0.25) is 0 Å². The molecule has 0 saturated carbocycles. The van der Waals surface area contributed by atoms with Gasteiger partial charge < -0.3 is 15.0 Å². The molecule has 1 fully saturated rings. The molecular weight excluding hydrogens is 266 g/mol. The maximum Gasteiger partial charge on any atom is 0.269 e. The van der Waals surface area contributed by atoms with E-state index in [1.54, 1.807) is 6.20 Å². The van der Waals surface area contributed by atoms with E-state index in [-0.39, 0.29) is 11.5 Å². The molecule has 5 heteroatoms. The first kappa shape index (κ1) is 13.8.